The van der Waals surface area contributed by atoms with Gasteiger partial charge in [0.15, 0.2) is 0 Å². The Labute approximate surface area is 85.8 Å². The van der Waals surface area contributed by atoms with Crippen molar-refractivity contribution in [2.75, 3.05) is 26.2 Å². The summed E-state index contributed by atoms with van der Waals surface area (Å²) >= 11 is 0. The lowest BCUT2D eigenvalue weighted by atomic mass is 9.91. The van der Waals surface area contributed by atoms with Crippen LogP contribution in [0.25, 0.3) is 0 Å². The van der Waals surface area contributed by atoms with Crippen LogP contribution in [0, 0.1) is 11.8 Å². The van der Waals surface area contributed by atoms with E-state index in [1.54, 1.807) is 0 Å². The Bertz CT molecular complexity index is 211. The molecule has 1 N–H and O–H groups in total. The third kappa shape index (κ3) is 2.08. The number of hydrogen-bond donors (Lipinski definition) is 1. The number of nitrogens with one attached hydrogen (secondary N) is 1. The summed E-state index contributed by atoms with van der Waals surface area (Å²) in [7, 11) is 0. The minimum absolute atomic E-state index is 0.247. The molecule has 2 aliphatic rings. The first kappa shape index (κ1) is 9.97. The summed E-state index contributed by atoms with van der Waals surface area (Å²) < 4.78 is 0. The van der Waals surface area contributed by atoms with Crippen molar-refractivity contribution in [3.05, 3.63) is 0 Å². The second-order valence-electron chi connectivity index (χ2n) is 4.73. The highest BCUT2D eigenvalue weighted by molar-refractivity contribution is 5.79. The van der Waals surface area contributed by atoms with Gasteiger partial charge in [0.1, 0.15) is 0 Å². The summed E-state index contributed by atoms with van der Waals surface area (Å²) in [5, 5.41) is 3.34. The molecular formula is C11H20N2O. The topological polar surface area (TPSA) is 32.3 Å². The molecule has 2 aliphatic heterocycles. The first-order chi connectivity index (χ1) is 6.77. The number of carbonyl (C=O) groups excluding carboxylic acids is 1. The molecule has 3 nitrogen and oxygen atoms in total. The van der Waals surface area contributed by atoms with Gasteiger partial charge in [0.25, 0.3) is 0 Å². The lowest BCUT2D eigenvalue weighted by molar-refractivity contribution is -0.135. The van der Waals surface area contributed by atoms with Crippen molar-refractivity contribution < 1.29 is 4.79 Å². The Balaban J connectivity index is 1.89. The number of nitrogens with zero attached hydrogens (tertiary/aromatic N) is 1. The molecule has 1 amide bonds. The Kier molecular flexibility index (Phi) is 3.06. The maximum atomic E-state index is 12.0. The standard InChI is InChI=1S/C11H20N2O/c1-9-6-10(8-12-7-9)11(14)13-4-2-3-5-13/h9-10,12H,2-8H2,1H3. The summed E-state index contributed by atoms with van der Waals surface area (Å²) in [5.41, 5.74) is 0. The molecule has 0 spiro atoms. The molecule has 0 bridgehead atoms. The molecule has 0 radical (unpaired) electrons. The molecule has 0 aromatic heterocycles. The van der Waals surface area contributed by atoms with Crippen LogP contribution in [0.4, 0.5) is 0 Å². The lowest BCUT2D eigenvalue weighted by Crippen LogP contribution is -2.44. The molecule has 80 valence electrons. The Morgan fingerprint density at radius 2 is 2.00 bits per heavy atom. The Hall–Kier alpha value is -0.570. The molecule has 2 atom stereocenters. The van der Waals surface area contributed by atoms with Gasteiger partial charge in [-0.2, -0.15) is 0 Å². The molecule has 14 heavy (non-hydrogen) atoms. The van der Waals surface area contributed by atoms with Crippen LogP contribution < -0.4 is 5.32 Å². The fourth-order valence-corrected chi connectivity index (χ4v) is 2.54. The van der Waals surface area contributed by atoms with E-state index in [0.29, 0.717) is 11.8 Å². The van der Waals surface area contributed by atoms with E-state index in [-0.39, 0.29) is 5.92 Å². The Morgan fingerprint density at radius 1 is 1.29 bits per heavy atom. The first-order valence-electron chi connectivity index (χ1n) is 5.77. The zero-order chi connectivity index (χ0) is 9.97. The van der Waals surface area contributed by atoms with E-state index in [1.807, 2.05) is 4.90 Å². The lowest BCUT2D eigenvalue weighted by Gasteiger charge is -2.29. The third-order valence-electron chi connectivity index (χ3n) is 3.34. The van der Waals surface area contributed by atoms with Crippen LogP contribution >= 0.6 is 0 Å². The summed E-state index contributed by atoms with van der Waals surface area (Å²) in [5.74, 6) is 1.29. The van der Waals surface area contributed by atoms with E-state index in [2.05, 4.69) is 12.2 Å². The van der Waals surface area contributed by atoms with Crippen molar-refractivity contribution in [3.63, 3.8) is 0 Å². The molecule has 2 heterocycles. The zero-order valence-corrected chi connectivity index (χ0v) is 8.96. The molecule has 2 saturated heterocycles. The van der Waals surface area contributed by atoms with Crippen LogP contribution in [0.1, 0.15) is 26.2 Å². The quantitative estimate of drug-likeness (QED) is 0.674. The van der Waals surface area contributed by atoms with Gasteiger partial charge < -0.3 is 10.2 Å². The predicted molar refractivity (Wildman–Crippen MR) is 56.0 cm³/mol. The van der Waals surface area contributed by atoms with Gasteiger partial charge in [-0.05, 0) is 31.7 Å². The summed E-state index contributed by atoms with van der Waals surface area (Å²) in [4.78, 5) is 14.1. The van der Waals surface area contributed by atoms with Gasteiger partial charge in [0.2, 0.25) is 5.91 Å². The monoisotopic (exact) mass is 196 g/mol. The zero-order valence-electron chi connectivity index (χ0n) is 8.96. The summed E-state index contributed by atoms with van der Waals surface area (Å²) in [6.45, 7) is 6.16. The minimum Gasteiger partial charge on any atom is -0.342 e. The first-order valence-corrected chi connectivity index (χ1v) is 5.77. The van der Waals surface area contributed by atoms with Crippen molar-refractivity contribution in [1.29, 1.82) is 0 Å². The molecule has 0 aromatic rings. The van der Waals surface area contributed by atoms with Gasteiger partial charge in [-0.1, -0.05) is 6.92 Å². The van der Waals surface area contributed by atoms with Gasteiger partial charge in [-0.25, -0.2) is 0 Å². The van der Waals surface area contributed by atoms with Crippen molar-refractivity contribution in [2.24, 2.45) is 11.8 Å². The smallest absolute Gasteiger partial charge is 0.226 e. The SMILES string of the molecule is CC1CNCC(C(=O)N2CCCC2)C1. The van der Waals surface area contributed by atoms with Crippen LogP contribution in [0.2, 0.25) is 0 Å². The normalized spacial score (nSPS) is 33.4. The highest BCUT2D eigenvalue weighted by Gasteiger charge is 2.29. The van der Waals surface area contributed by atoms with Gasteiger partial charge in [-0.3, -0.25) is 4.79 Å². The number of likely N-dealkylation sites (tertiary alicyclic amines) is 1. The average molecular weight is 196 g/mol. The summed E-state index contributed by atoms with van der Waals surface area (Å²) in [6.07, 6.45) is 3.46. The maximum absolute atomic E-state index is 12.0. The molecule has 0 aliphatic carbocycles. The highest BCUT2D eigenvalue weighted by atomic mass is 16.2. The van der Waals surface area contributed by atoms with E-state index in [9.17, 15) is 4.79 Å². The molecule has 0 aromatic carbocycles. The van der Waals surface area contributed by atoms with Crippen molar-refractivity contribution in [1.82, 2.24) is 10.2 Å². The van der Waals surface area contributed by atoms with Crippen molar-refractivity contribution in [2.45, 2.75) is 26.2 Å². The van der Waals surface area contributed by atoms with E-state index < -0.39 is 0 Å². The molecule has 2 rings (SSSR count). The van der Waals surface area contributed by atoms with E-state index in [1.165, 1.54) is 12.8 Å². The second kappa shape index (κ2) is 4.30. The fraction of sp³-hybridized carbons (Fsp3) is 0.909. The summed E-state index contributed by atoms with van der Waals surface area (Å²) in [6, 6.07) is 0. The highest BCUT2D eigenvalue weighted by Crippen LogP contribution is 2.20. The van der Waals surface area contributed by atoms with Gasteiger partial charge >= 0.3 is 0 Å². The largest absolute Gasteiger partial charge is 0.342 e. The maximum Gasteiger partial charge on any atom is 0.226 e. The molecule has 2 unspecified atom stereocenters. The predicted octanol–water partition coefficient (Wildman–Crippen LogP) is 0.854. The van der Waals surface area contributed by atoms with E-state index in [4.69, 9.17) is 0 Å². The van der Waals surface area contributed by atoms with Crippen LogP contribution in [-0.2, 0) is 4.79 Å². The third-order valence-corrected chi connectivity index (χ3v) is 3.34. The molecule has 2 fully saturated rings. The fourth-order valence-electron chi connectivity index (χ4n) is 2.54. The van der Waals surface area contributed by atoms with Crippen LogP contribution in [0.5, 0.6) is 0 Å². The molecular weight excluding hydrogens is 176 g/mol. The second-order valence-corrected chi connectivity index (χ2v) is 4.73. The number of amides is 1. The number of piperidine rings is 1. The van der Waals surface area contributed by atoms with Crippen LogP contribution in [0.3, 0.4) is 0 Å². The van der Waals surface area contributed by atoms with Crippen molar-refractivity contribution >= 4 is 5.91 Å². The van der Waals surface area contributed by atoms with Crippen LogP contribution in [0.15, 0.2) is 0 Å². The van der Waals surface area contributed by atoms with E-state index in [0.717, 1.165) is 32.6 Å². The number of carbonyl (C=O) groups is 1. The van der Waals surface area contributed by atoms with Gasteiger partial charge in [0, 0.05) is 19.6 Å². The van der Waals surface area contributed by atoms with E-state index >= 15 is 0 Å². The van der Waals surface area contributed by atoms with Crippen LogP contribution in [-0.4, -0.2) is 37.0 Å². The Morgan fingerprint density at radius 3 is 2.64 bits per heavy atom. The number of hydrogen-bond acceptors (Lipinski definition) is 2. The van der Waals surface area contributed by atoms with Gasteiger partial charge in [0.05, 0.1) is 5.92 Å². The van der Waals surface area contributed by atoms with Gasteiger partial charge in [-0.15, -0.1) is 0 Å². The molecule has 3 heteroatoms. The molecule has 0 saturated carbocycles. The average Bonchev–Trinajstić information content (AvgIpc) is 2.69. The minimum atomic E-state index is 0.247. The van der Waals surface area contributed by atoms with Crippen molar-refractivity contribution in [3.8, 4) is 0 Å². The number of rotatable bonds is 1.